The van der Waals surface area contributed by atoms with Crippen LogP contribution in [0.5, 0.6) is 0 Å². The quantitative estimate of drug-likeness (QED) is 0.778. The molecule has 0 fully saturated rings. The molecule has 0 radical (unpaired) electrons. The Labute approximate surface area is 110 Å². The van der Waals surface area contributed by atoms with Gasteiger partial charge in [0.1, 0.15) is 17.0 Å². The topological polar surface area (TPSA) is 75.2 Å². The van der Waals surface area contributed by atoms with E-state index in [1.54, 1.807) is 12.1 Å². The van der Waals surface area contributed by atoms with Gasteiger partial charge in [-0.2, -0.15) is 8.42 Å². The fraction of sp³-hybridized carbons (Fsp3) is 0. The molecule has 1 heterocycles. The monoisotopic (exact) mass is 271 g/mol. The average Bonchev–Trinajstić information content (AvgIpc) is 2.84. The van der Waals surface area contributed by atoms with Crippen LogP contribution in [0.1, 0.15) is 0 Å². The summed E-state index contributed by atoms with van der Waals surface area (Å²) in [5.41, 5.74) is 2.58. The zero-order valence-corrected chi connectivity index (χ0v) is 10.6. The third-order valence-electron chi connectivity index (χ3n) is 2.71. The van der Waals surface area contributed by atoms with E-state index >= 15 is 0 Å². The van der Waals surface area contributed by atoms with Gasteiger partial charge in [-0.15, -0.1) is 4.36 Å². The first-order valence-electron chi connectivity index (χ1n) is 5.59. The molecule has 0 amide bonds. The minimum atomic E-state index is -2.49. The van der Waals surface area contributed by atoms with Crippen LogP contribution in [0.25, 0.3) is 22.4 Å². The number of hydrogen-bond acceptors (Lipinski definition) is 4. The van der Waals surface area contributed by atoms with Gasteiger partial charge in [-0.05, 0) is 12.1 Å². The first-order valence-corrected chi connectivity index (χ1v) is 6.62. The van der Waals surface area contributed by atoms with Crippen molar-refractivity contribution in [3.8, 4) is 11.4 Å². The summed E-state index contributed by atoms with van der Waals surface area (Å²) < 4.78 is 24.9. The first-order chi connectivity index (χ1) is 9.24. The Bertz CT molecular complexity index is 859. The van der Waals surface area contributed by atoms with Crippen LogP contribution >= 0.6 is 0 Å². The molecular weight excluding hydrogens is 262 g/mol. The standard InChI is InChI=1S/C13H9N3O2S/c17-19(18)16-11-8-4-7-10-12(11)15-13(14-10)9-5-2-1-3-6-9/h1-8H,(H,14,15). The molecule has 0 aliphatic carbocycles. The maximum Gasteiger partial charge on any atom is 0.316 e. The molecule has 0 bridgehead atoms. The van der Waals surface area contributed by atoms with Crippen molar-refractivity contribution in [2.45, 2.75) is 0 Å². The number of aromatic nitrogens is 2. The Hall–Kier alpha value is -2.47. The Morgan fingerprint density at radius 2 is 1.79 bits per heavy atom. The summed E-state index contributed by atoms with van der Waals surface area (Å²) in [4.78, 5) is 7.57. The molecule has 0 unspecified atom stereocenters. The molecule has 3 aromatic rings. The van der Waals surface area contributed by atoms with E-state index in [-0.39, 0.29) is 0 Å². The van der Waals surface area contributed by atoms with Gasteiger partial charge in [-0.25, -0.2) is 4.98 Å². The zero-order valence-electron chi connectivity index (χ0n) is 9.74. The van der Waals surface area contributed by atoms with Crippen molar-refractivity contribution in [2.75, 3.05) is 0 Å². The SMILES string of the molecule is O=S(=O)=Nc1cccc2[nH]c(-c3ccccc3)nc12. The van der Waals surface area contributed by atoms with Gasteiger partial charge in [-0.1, -0.05) is 36.4 Å². The number of aromatic amines is 1. The van der Waals surface area contributed by atoms with Gasteiger partial charge < -0.3 is 4.98 Å². The van der Waals surface area contributed by atoms with E-state index < -0.39 is 10.5 Å². The Balaban J connectivity index is 2.24. The van der Waals surface area contributed by atoms with Crippen molar-refractivity contribution in [1.82, 2.24) is 9.97 Å². The fourth-order valence-electron chi connectivity index (χ4n) is 1.90. The molecule has 0 atom stereocenters. The molecule has 94 valence electrons. The third-order valence-corrected chi connectivity index (χ3v) is 3.06. The molecule has 0 saturated carbocycles. The van der Waals surface area contributed by atoms with Crippen LogP contribution < -0.4 is 0 Å². The van der Waals surface area contributed by atoms with E-state index in [1.165, 1.54) is 0 Å². The number of hydrogen-bond donors (Lipinski definition) is 1. The lowest BCUT2D eigenvalue weighted by Crippen LogP contribution is -1.77. The van der Waals surface area contributed by atoms with Crippen molar-refractivity contribution < 1.29 is 8.42 Å². The maximum absolute atomic E-state index is 10.7. The van der Waals surface area contributed by atoms with Gasteiger partial charge in [0, 0.05) is 5.56 Å². The molecule has 3 rings (SSSR count). The molecule has 5 nitrogen and oxygen atoms in total. The number of H-pyrrole nitrogens is 1. The van der Waals surface area contributed by atoms with Crippen LogP contribution in [0.15, 0.2) is 52.9 Å². The third kappa shape index (κ3) is 2.25. The van der Waals surface area contributed by atoms with Gasteiger partial charge >= 0.3 is 10.5 Å². The molecule has 0 saturated heterocycles. The van der Waals surface area contributed by atoms with E-state index in [1.807, 2.05) is 36.4 Å². The second-order valence-electron chi connectivity index (χ2n) is 3.93. The molecule has 19 heavy (non-hydrogen) atoms. The second-order valence-corrected chi connectivity index (χ2v) is 4.55. The number of nitrogens with one attached hydrogen (secondary N) is 1. The Morgan fingerprint density at radius 3 is 2.53 bits per heavy atom. The normalized spacial score (nSPS) is 10.5. The van der Waals surface area contributed by atoms with Crippen molar-refractivity contribution in [3.63, 3.8) is 0 Å². The largest absolute Gasteiger partial charge is 0.338 e. The summed E-state index contributed by atoms with van der Waals surface area (Å²) in [5.74, 6) is 0.690. The van der Waals surface area contributed by atoms with Crippen LogP contribution in [-0.2, 0) is 10.5 Å². The zero-order chi connectivity index (χ0) is 13.2. The van der Waals surface area contributed by atoms with Crippen LogP contribution in [0.2, 0.25) is 0 Å². The number of fused-ring (bicyclic) bond motifs is 1. The Kier molecular flexibility index (Phi) is 2.85. The van der Waals surface area contributed by atoms with Gasteiger partial charge in [0.25, 0.3) is 0 Å². The molecule has 1 N–H and O–H groups in total. The molecule has 6 heteroatoms. The first kappa shape index (κ1) is 11.6. The molecule has 0 spiro atoms. The Morgan fingerprint density at radius 1 is 1.00 bits per heavy atom. The maximum atomic E-state index is 10.7. The molecule has 1 aromatic heterocycles. The molecule has 0 aliphatic heterocycles. The second kappa shape index (κ2) is 4.66. The van der Waals surface area contributed by atoms with Crippen LogP contribution in [0, 0.1) is 0 Å². The van der Waals surface area contributed by atoms with Crippen LogP contribution in [0.3, 0.4) is 0 Å². The lowest BCUT2D eigenvalue weighted by atomic mass is 10.2. The summed E-state index contributed by atoms with van der Waals surface area (Å²) in [5, 5.41) is 0. The van der Waals surface area contributed by atoms with Gasteiger partial charge in [0.15, 0.2) is 0 Å². The van der Waals surface area contributed by atoms with Crippen molar-refractivity contribution >= 4 is 27.2 Å². The van der Waals surface area contributed by atoms with E-state index in [9.17, 15) is 8.42 Å². The minimum Gasteiger partial charge on any atom is -0.338 e. The van der Waals surface area contributed by atoms with Crippen molar-refractivity contribution in [3.05, 3.63) is 48.5 Å². The highest BCUT2D eigenvalue weighted by atomic mass is 32.2. The highest BCUT2D eigenvalue weighted by Gasteiger charge is 2.08. The number of imidazole rings is 1. The van der Waals surface area contributed by atoms with Crippen molar-refractivity contribution in [2.24, 2.45) is 4.36 Å². The summed E-state index contributed by atoms with van der Waals surface area (Å²) >= 11 is 0. The smallest absolute Gasteiger partial charge is 0.316 e. The molecular formula is C13H9N3O2S. The van der Waals surface area contributed by atoms with Gasteiger partial charge in [-0.3, -0.25) is 0 Å². The molecule has 2 aromatic carbocycles. The highest BCUT2D eigenvalue weighted by molar-refractivity contribution is 7.61. The van der Waals surface area contributed by atoms with Crippen LogP contribution in [-0.4, -0.2) is 18.4 Å². The fourth-order valence-corrected chi connectivity index (χ4v) is 2.21. The molecule has 0 aliphatic rings. The summed E-state index contributed by atoms with van der Waals surface area (Å²) in [6.07, 6.45) is 0. The predicted octanol–water partition coefficient (Wildman–Crippen LogP) is 2.92. The summed E-state index contributed by atoms with van der Waals surface area (Å²) in [7, 11) is -2.49. The predicted molar refractivity (Wildman–Crippen MR) is 72.5 cm³/mol. The lowest BCUT2D eigenvalue weighted by Gasteiger charge is -1.93. The van der Waals surface area contributed by atoms with Crippen molar-refractivity contribution in [1.29, 1.82) is 0 Å². The summed E-state index contributed by atoms with van der Waals surface area (Å²) in [6.45, 7) is 0. The van der Waals surface area contributed by atoms with E-state index in [4.69, 9.17) is 0 Å². The van der Waals surface area contributed by atoms with Gasteiger partial charge in [0.2, 0.25) is 0 Å². The number of para-hydroxylation sites is 1. The lowest BCUT2D eigenvalue weighted by molar-refractivity contribution is 0.622. The van der Waals surface area contributed by atoms with E-state index in [0.29, 0.717) is 17.0 Å². The summed E-state index contributed by atoms with van der Waals surface area (Å²) in [6, 6.07) is 14.8. The van der Waals surface area contributed by atoms with Crippen LogP contribution in [0.4, 0.5) is 5.69 Å². The number of nitrogens with zero attached hydrogens (tertiary/aromatic N) is 2. The van der Waals surface area contributed by atoms with E-state index in [0.717, 1.165) is 11.1 Å². The number of rotatable bonds is 2. The van der Waals surface area contributed by atoms with E-state index in [2.05, 4.69) is 14.3 Å². The van der Waals surface area contributed by atoms with Gasteiger partial charge in [0.05, 0.1) is 5.52 Å². The average molecular weight is 271 g/mol. The minimum absolute atomic E-state index is 0.337. The number of benzene rings is 2. The highest BCUT2D eigenvalue weighted by Crippen LogP contribution is 2.27.